The van der Waals surface area contributed by atoms with Gasteiger partial charge < -0.3 is 0 Å². The molecule has 3 rings (SSSR count). The molecule has 0 spiro atoms. The highest BCUT2D eigenvalue weighted by Crippen LogP contribution is 2.36. The van der Waals surface area contributed by atoms with Crippen LogP contribution in [0.15, 0.2) is 42.5 Å². The van der Waals surface area contributed by atoms with Crippen molar-refractivity contribution in [2.45, 2.75) is 32.1 Å². The van der Waals surface area contributed by atoms with Crippen LogP contribution in [-0.2, 0) is 14.4 Å². The predicted octanol–water partition coefficient (Wildman–Crippen LogP) is 3.45. The molecule has 22 heavy (non-hydrogen) atoms. The second kappa shape index (κ2) is 5.84. The van der Waals surface area contributed by atoms with Crippen LogP contribution in [0.4, 0.5) is 0 Å². The summed E-state index contributed by atoms with van der Waals surface area (Å²) in [5, 5.41) is 2.18. The molecule has 3 heteroatoms. The Balaban J connectivity index is 1.96. The molecule has 0 aromatic heterocycles. The zero-order valence-corrected chi connectivity index (χ0v) is 12.5. The Kier molecular flexibility index (Phi) is 3.88. The number of carbonyl (C=O) groups is 3. The minimum Gasteiger partial charge on any atom is -0.298 e. The van der Waals surface area contributed by atoms with E-state index in [-0.39, 0.29) is 42.5 Å². The number of benzene rings is 2. The second-order valence-electron chi connectivity index (χ2n) is 5.86. The van der Waals surface area contributed by atoms with E-state index in [1.807, 2.05) is 42.5 Å². The van der Waals surface area contributed by atoms with Crippen LogP contribution in [-0.4, -0.2) is 17.3 Å². The minimum absolute atomic E-state index is 0.119. The Hall–Kier alpha value is -2.29. The van der Waals surface area contributed by atoms with Crippen LogP contribution in [0.3, 0.4) is 0 Å². The Morgan fingerprint density at radius 1 is 1.00 bits per heavy atom. The smallest absolute Gasteiger partial charge is 0.151 e. The molecule has 1 saturated carbocycles. The fraction of sp³-hybridized carbons (Fsp3) is 0.316. The molecule has 2 aromatic rings. The summed E-state index contributed by atoms with van der Waals surface area (Å²) in [6.07, 6.45) is 0.785. The van der Waals surface area contributed by atoms with E-state index in [1.165, 1.54) is 0 Å². The lowest BCUT2D eigenvalue weighted by Crippen LogP contribution is -2.37. The lowest BCUT2D eigenvalue weighted by atomic mass is 9.74. The van der Waals surface area contributed by atoms with Gasteiger partial charge in [0.15, 0.2) is 17.3 Å². The number of rotatable bonds is 3. The van der Waals surface area contributed by atoms with Crippen molar-refractivity contribution < 1.29 is 14.4 Å². The van der Waals surface area contributed by atoms with E-state index in [4.69, 9.17) is 0 Å². The number of Topliss-reactive ketones (excluding diaryl/α,β-unsaturated/α-hetero) is 3. The Morgan fingerprint density at radius 2 is 1.64 bits per heavy atom. The highest BCUT2D eigenvalue weighted by molar-refractivity contribution is 6.21. The number of fused-ring (bicyclic) bond motifs is 1. The van der Waals surface area contributed by atoms with Crippen molar-refractivity contribution in [3.8, 4) is 0 Å². The molecule has 1 aliphatic carbocycles. The van der Waals surface area contributed by atoms with E-state index >= 15 is 0 Å². The van der Waals surface area contributed by atoms with Crippen LogP contribution in [0.5, 0.6) is 0 Å². The molecule has 0 atom stereocenters. The largest absolute Gasteiger partial charge is 0.298 e. The molecular formula is C19H18O3. The standard InChI is InChI=1S/C19H18O3/c1-2-16(20)19-17(21)10-13(11-18(19)22)15-9-5-7-12-6-3-4-8-14(12)15/h3-9,13,19H,2,10-11H2,1H3. The first-order valence-electron chi connectivity index (χ1n) is 7.67. The third-order valence-corrected chi connectivity index (χ3v) is 4.47. The van der Waals surface area contributed by atoms with Gasteiger partial charge in [0.25, 0.3) is 0 Å². The van der Waals surface area contributed by atoms with Crippen molar-refractivity contribution >= 4 is 28.1 Å². The molecule has 2 aromatic carbocycles. The summed E-state index contributed by atoms with van der Waals surface area (Å²) in [6.45, 7) is 1.69. The zero-order valence-electron chi connectivity index (χ0n) is 12.5. The van der Waals surface area contributed by atoms with Crippen molar-refractivity contribution in [2.24, 2.45) is 5.92 Å². The Labute approximate surface area is 129 Å². The number of ketones is 3. The van der Waals surface area contributed by atoms with Crippen LogP contribution in [0.25, 0.3) is 10.8 Å². The molecular weight excluding hydrogens is 276 g/mol. The first-order valence-corrected chi connectivity index (χ1v) is 7.67. The molecule has 1 fully saturated rings. The Morgan fingerprint density at radius 3 is 2.32 bits per heavy atom. The van der Waals surface area contributed by atoms with Gasteiger partial charge in [-0.2, -0.15) is 0 Å². The summed E-state index contributed by atoms with van der Waals surface area (Å²) in [5.41, 5.74) is 1.03. The topological polar surface area (TPSA) is 51.2 Å². The van der Waals surface area contributed by atoms with Crippen LogP contribution < -0.4 is 0 Å². The third-order valence-electron chi connectivity index (χ3n) is 4.47. The summed E-state index contributed by atoms with van der Waals surface area (Å²) in [7, 11) is 0. The van der Waals surface area contributed by atoms with Gasteiger partial charge in [-0.15, -0.1) is 0 Å². The molecule has 0 N–H and O–H groups in total. The highest BCUT2D eigenvalue weighted by atomic mass is 16.2. The lowest BCUT2D eigenvalue weighted by molar-refractivity contribution is -0.142. The van der Waals surface area contributed by atoms with E-state index in [2.05, 4.69) is 0 Å². The van der Waals surface area contributed by atoms with Gasteiger partial charge >= 0.3 is 0 Å². The maximum atomic E-state index is 12.3. The van der Waals surface area contributed by atoms with Gasteiger partial charge in [0.05, 0.1) is 0 Å². The first kappa shape index (κ1) is 14.6. The fourth-order valence-electron chi connectivity index (χ4n) is 3.36. The monoisotopic (exact) mass is 294 g/mol. The average Bonchev–Trinajstić information content (AvgIpc) is 2.53. The van der Waals surface area contributed by atoms with E-state index in [0.717, 1.165) is 16.3 Å². The highest BCUT2D eigenvalue weighted by Gasteiger charge is 2.39. The third kappa shape index (κ3) is 2.47. The van der Waals surface area contributed by atoms with Crippen molar-refractivity contribution in [1.29, 1.82) is 0 Å². The van der Waals surface area contributed by atoms with Gasteiger partial charge in [-0.1, -0.05) is 49.4 Å². The van der Waals surface area contributed by atoms with E-state index in [0.29, 0.717) is 0 Å². The van der Waals surface area contributed by atoms with Crippen molar-refractivity contribution in [1.82, 2.24) is 0 Å². The second-order valence-corrected chi connectivity index (χ2v) is 5.86. The molecule has 0 bridgehead atoms. The Bertz CT molecular complexity index is 737. The van der Waals surface area contributed by atoms with Gasteiger partial charge in [0.1, 0.15) is 5.92 Å². The van der Waals surface area contributed by atoms with Gasteiger partial charge in [-0.05, 0) is 22.3 Å². The molecule has 1 aliphatic rings. The number of hydrogen-bond donors (Lipinski definition) is 0. The maximum Gasteiger partial charge on any atom is 0.151 e. The molecule has 0 radical (unpaired) electrons. The fourth-order valence-corrected chi connectivity index (χ4v) is 3.36. The molecule has 0 saturated heterocycles. The van der Waals surface area contributed by atoms with Gasteiger partial charge in [-0.25, -0.2) is 0 Å². The summed E-state index contributed by atoms with van der Waals surface area (Å²) in [4.78, 5) is 36.4. The SMILES string of the molecule is CCC(=O)C1C(=O)CC(c2cccc3ccccc23)CC1=O. The maximum absolute atomic E-state index is 12.3. The number of hydrogen-bond acceptors (Lipinski definition) is 3. The predicted molar refractivity (Wildman–Crippen MR) is 84.7 cm³/mol. The minimum atomic E-state index is -1.02. The van der Waals surface area contributed by atoms with E-state index in [1.54, 1.807) is 6.92 Å². The molecule has 0 amide bonds. The zero-order chi connectivity index (χ0) is 15.7. The lowest BCUT2D eigenvalue weighted by Gasteiger charge is -2.26. The van der Waals surface area contributed by atoms with Crippen molar-refractivity contribution in [3.63, 3.8) is 0 Å². The van der Waals surface area contributed by atoms with Crippen LogP contribution in [0.2, 0.25) is 0 Å². The van der Waals surface area contributed by atoms with E-state index < -0.39 is 5.92 Å². The van der Waals surface area contributed by atoms with Gasteiger partial charge in [-0.3, -0.25) is 14.4 Å². The van der Waals surface area contributed by atoms with Crippen LogP contribution >= 0.6 is 0 Å². The average molecular weight is 294 g/mol. The molecule has 0 aliphatic heterocycles. The number of carbonyl (C=O) groups excluding carboxylic acids is 3. The molecule has 3 nitrogen and oxygen atoms in total. The molecule has 0 heterocycles. The van der Waals surface area contributed by atoms with Gasteiger partial charge in [0.2, 0.25) is 0 Å². The first-order chi connectivity index (χ1) is 10.6. The summed E-state index contributed by atoms with van der Waals surface area (Å²) >= 11 is 0. The van der Waals surface area contributed by atoms with Gasteiger partial charge in [0, 0.05) is 19.3 Å². The van der Waals surface area contributed by atoms with Crippen LogP contribution in [0, 0.1) is 5.92 Å². The quantitative estimate of drug-likeness (QED) is 0.815. The molecule has 0 unspecified atom stereocenters. The van der Waals surface area contributed by atoms with E-state index in [9.17, 15) is 14.4 Å². The summed E-state index contributed by atoms with van der Waals surface area (Å²) < 4.78 is 0. The molecule has 112 valence electrons. The van der Waals surface area contributed by atoms with Crippen molar-refractivity contribution in [3.05, 3.63) is 48.0 Å². The normalized spacial score (nSPS) is 22.0. The van der Waals surface area contributed by atoms with Crippen LogP contribution in [0.1, 0.15) is 37.7 Å². The summed E-state index contributed by atoms with van der Waals surface area (Å²) in [6, 6.07) is 13.9. The van der Waals surface area contributed by atoms with Crippen molar-refractivity contribution in [2.75, 3.05) is 0 Å². The summed E-state index contributed by atoms with van der Waals surface area (Å²) in [5.74, 6) is -1.82.